The maximum absolute atomic E-state index is 13.0. The van der Waals surface area contributed by atoms with Gasteiger partial charge >= 0.3 is 0 Å². The third-order valence-electron chi connectivity index (χ3n) is 2.63. The predicted molar refractivity (Wildman–Crippen MR) is 77.8 cm³/mol. The smallest absolute Gasteiger partial charge is 0.262 e. The molecule has 2 rings (SSSR count). The van der Waals surface area contributed by atoms with Crippen molar-refractivity contribution in [3.8, 4) is 5.75 Å². The number of rotatable bonds is 3. The first kappa shape index (κ1) is 14.8. The molecule has 0 saturated carbocycles. The minimum atomic E-state index is -3.90. The molecule has 0 heterocycles. The van der Waals surface area contributed by atoms with Gasteiger partial charge in [0.25, 0.3) is 10.0 Å². The summed E-state index contributed by atoms with van der Waals surface area (Å²) in [4.78, 5) is -0.0433. The fourth-order valence-corrected chi connectivity index (χ4v) is 3.36. The van der Waals surface area contributed by atoms with Crippen molar-refractivity contribution in [3.63, 3.8) is 0 Å². The number of benzene rings is 2. The van der Waals surface area contributed by atoms with Crippen LogP contribution in [0, 0.1) is 12.7 Å². The summed E-state index contributed by atoms with van der Waals surface area (Å²) in [5, 5.41) is 9.65. The monoisotopic (exact) mass is 359 g/mol. The molecule has 0 saturated heterocycles. The summed E-state index contributed by atoms with van der Waals surface area (Å²) in [6.07, 6.45) is 0. The molecule has 2 aromatic rings. The Hall–Kier alpha value is -1.60. The van der Waals surface area contributed by atoms with Crippen molar-refractivity contribution in [2.24, 2.45) is 0 Å². The van der Waals surface area contributed by atoms with Gasteiger partial charge in [-0.1, -0.05) is 15.9 Å². The first-order valence-electron chi connectivity index (χ1n) is 5.57. The second-order valence-electron chi connectivity index (χ2n) is 4.18. The van der Waals surface area contributed by atoms with Crippen molar-refractivity contribution in [3.05, 3.63) is 52.3 Å². The van der Waals surface area contributed by atoms with Crippen molar-refractivity contribution in [2.45, 2.75) is 11.8 Å². The van der Waals surface area contributed by atoms with Gasteiger partial charge in [0.1, 0.15) is 11.6 Å². The second-order valence-corrected chi connectivity index (χ2v) is 6.74. The van der Waals surface area contributed by atoms with Gasteiger partial charge in [0.05, 0.1) is 10.6 Å². The third kappa shape index (κ3) is 3.10. The summed E-state index contributed by atoms with van der Waals surface area (Å²) in [5.74, 6) is -0.705. The summed E-state index contributed by atoms with van der Waals surface area (Å²) >= 11 is 3.19. The van der Waals surface area contributed by atoms with Crippen molar-refractivity contribution in [1.82, 2.24) is 0 Å². The number of aryl methyl sites for hydroxylation is 1. The molecule has 0 unspecified atom stereocenters. The third-order valence-corrected chi connectivity index (χ3v) is 4.65. The molecule has 20 heavy (non-hydrogen) atoms. The first-order valence-corrected chi connectivity index (χ1v) is 7.85. The van der Waals surface area contributed by atoms with Crippen LogP contribution in [0.4, 0.5) is 10.1 Å². The average Bonchev–Trinajstić information content (AvgIpc) is 2.33. The highest BCUT2D eigenvalue weighted by molar-refractivity contribution is 9.10. The minimum absolute atomic E-state index is 0.0433. The lowest BCUT2D eigenvalue weighted by Crippen LogP contribution is -2.14. The van der Waals surface area contributed by atoms with Gasteiger partial charge in [-0.2, -0.15) is 0 Å². The van der Waals surface area contributed by atoms with E-state index in [-0.39, 0.29) is 21.9 Å². The average molecular weight is 360 g/mol. The van der Waals surface area contributed by atoms with Gasteiger partial charge in [-0.25, -0.2) is 12.8 Å². The lowest BCUT2D eigenvalue weighted by molar-refractivity contribution is 0.477. The van der Waals surface area contributed by atoms with Gasteiger partial charge in [0, 0.05) is 4.47 Å². The zero-order chi connectivity index (χ0) is 14.9. The molecule has 0 aromatic heterocycles. The summed E-state index contributed by atoms with van der Waals surface area (Å²) in [5.41, 5.74) is 0.329. The van der Waals surface area contributed by atoms with Crippen molar-refractivity contribution >= 4 is 31.6 Å². The van der Waals surface area contributed by atoms with Crippen LogP contribution < -0.4 is 4.72 Å². The largest absolute Gasteiger partial charge is 0.506 e. The normalized spacial score (nSPS) is 11.3. The number of phenolic OH excluding ortho intramolecular Hbond substituents is 1. The molecule has 0 aliphatic heterocycles. The number of phenols is 1. The maximum atomic E-state index is 13.0. The number of nitrogens with one attached hydrogen (secondary N) is 1. The Morgan fingerprint density at radius 2 is 1.90 bits per heavy atom. The van der Waals surface area contributed by atoms with Gasteiger partial charge in [0.15, 0.2) is 0 Å². The topological polar surface area (TPSA) is 66.4 Å². The quantitative estimate of drug-likeness (QED) is 0.825. The number of halogens is 2. The van der Waals surface area contributed by atoms with Crippen molar-refractivity contribution in [1.29, 1.82) is 0 Å². The summed E-state index contributed by atoms with van der Waals surface area (Å²) in [6.45, 7) is 1.50. The molecule has 0 radical (unpaired) electrons. The molecule has 106 valence electrons. The van der Waals surface area contributed by atoms with Crippen LogP contribution in [0.2, 0.25) is 0 Å². The lowest BCUT2D eigenvalue weighted by Gasteiger charge is -2.11. The lowest BCUT2D eigenvalue weighted by atomic mass is 10.2. The Morgan fingerprint density at radius 1 is 1.20 bits per heavy atom. The van der Waals surface area contributed by atoms with Gasteiger partial charge in [-0.15, -0.1) is 0 Å². The van der Waals surface area contributed by atoms with E-state index in [1.165, 1.54) is 25.1 Å². The summed E-state index contributed by atoms with van der Waals surface area (Å²) in [7, 11) is -3.90. The van der Waals surface area contributed by atoms with Gasteiger partial charge < -0.3 is 5.11 Å². The molecule has 0 spiro atoms. The molecule has 4 nitrogen and oxygen atoms in total. The Kier molecular flexibility index (Phi) is 4.01. The van der Waals surface area contributed by atoms with Crippen LogP contribution in [0.25, 0.3) is 0 Å². The number of hydrogen-bond donors (Lipinski definition) is 2. The van der Waals surface area contributed by atoms with Crippen LogP contribution in [-0.4, -0.2) is 13.5 Å². The van der Waals surface area contributed by atoms with Gasteiger partial charge in [-0.3, -0.25) is 4.72 Å². The molecule has 0 aliphatic carbocycles. The molecular formula is C13H11BrFNO3S. The Bertz CT molecular complexity index is 762. The van der Waals surface area contributed by atoms with Crippen LogP contribution >= 0.6 is 15.9 Å². The van der Waals surface area contributed by atoms with E-state index in [0.29, 0.717) is 4.47 Å². The number of sulfonamides is 1. The van der Waals surface area contributed by atoms with Crippen LogP contribution in [0.1, 0.15) is 5.56 Å². The molecule has 0 bridgehead atoms. The molecule has 2 N–H and O–H groups in total. The van der Waals surface area contributed by atoms with E-state index in [1.807, 2.05) is 0 Å². The standard InChI is InChI=1S/C13H11BrFNO3S/c1-8-6-10(15)3-5-13(8)20(18,19)16-11-7-9(14)2-4-12(11)17/h2-7,16-17H,1H3. The van der Waals surface area contributed by atoms with E-state index >= 15 is 0 Å². The molecule has 2 aromatic carbocycles. The van der Waals surface area contributed by atoms with Gasteiger partial charge in [-0.05, 0) is 48.9 Å². The Morgan fingerprint density at radius 3 is 2.55 bits per heavy atom. The van der Waals surface area contributed by atoms with E-state index in [0.717, 1.165) is 12.1 Å². The highest BCUT2D eigenvalue weighted by atomic mass is 79.9. The van der Waals surface area contributed by atoms with Crippen LogP contribution in [0.5, 0.6) is 5.75 Å². The molecular weight excluding hydrogens is 349 g/mol. The highest BCUT2D eigenvalue weighted by Crippen LogP contribution is 2.29. The zero-order valence-corrected chi connectivity index (χ0v) is 12.8. The number of anilines is 1. The molecule has 0 fully saturated rings. The van der Waals surface area contributed by atoms with E-state index in [2.05, 4.69) is 20.7 Å². The Labute approximate surface area is 124 Å². The fraction of sp³-hybridized carbons (Fsp3) is 0.0769. The fourth-order valence-electron chi connectivity index (χ4n) is 1.70. The first-order chi connectivity index (χ1) is 9.29. The van der Waals surface area contributed by atoms with Crippen LogP contribution in [0.15, 0.2) is 45.8 Å². The summed E-state index contributed by atoms with van der Waals surface area (Å²) < 4.78 is 40.4. The summed E-state index contributed by atoms with van der Waals surface area (Å²) in [6, 6.07) is 7.77. The predicted octanol–water partition coefficient (Wildman–Crippen LogP) is 3.40. The van der Waals surface area contributed by atoms with E-state index in [9.17, 15) is 17.9 Å². The molecule has 7 heteroatoms. The SMILES string of the molecule is Cc1cc(F)ccc1S(=O)(=O)Nc1cc(Br)ccc1O. The van der Waals surface area contributed by atoms with E-state index in [4.69, 9.17) is 0 Å². The number of hydrogen-bond acceptors (Lipinski definition) is 3. The van der Waals surface area contributed by atoms with Gasteiger partial charge in [0.2, 0.25) is 0 Å². The minimum Gasteiger partial charge on any atom is -0.506 e. The highest BCUT2D eigenvalue weighted by Gasteiger charge is 2.18. The van der Waals surface area contributed by atoms with Crippen LogP contribution in [-0.2, 0) is 10.0 Å². The van der Waals surface area contributed by atoms with Crippen molar-refractivity contribution in [2.75, 3.05) is 4.72 Å². The zero-order valence-electron chi connectivity index (χ0n) is 10.4. The van der Waals surface area contributed by atoms with E-state index < -0.39 is 15.8 Å². The maximum Gasteiger partial charge on any atom is 0.262 e. The number of aromatic hydroxyl groups is 1. The second kappa shape index (κ2) is 5.41. The molecule has 0 atom stereocenters. The molecule has 0 aliphatic rings. The Balaban J connectivity index is 2.43. The van der Waals surface area contributed by atoms with E-state index in [1.54, 1.807) is 6.07 Å². The van der Waals surface area contributed by atoms with Crippen molar-refractivity contribution < 1.29 is 17.9 Å². The van der Waals surface area contributed by atoms with Crippen LogP contribution in [0.3, 0.4) is 0 Å². The molecule has 0 amide bonds.